The summed E-state index contributed by atoms with van der Waals surface area (Å²) >= 11 is 0. The predicted molar refractivity (Wildman–Crippen MR) is 152 cm³/mol. The maximum Gasteiger partial charge on any atom is 0.140 e. The molecule has 3 N–H and O–H groups in total. The Morgan fingerprint density at radius 3 is 2.71 bits per heavy atom. The van der Waals surface area contributed by atoms with E-state index >= 15 is 0 Å². The van der Waals surface area contributed by atoms with Crippen LogP contribution in [0.25, 0.3) is 22.6 Å². The number of hydrogen-bond donors (Lipinski definition) is 3. The molecule has 0 bridgehead atoms. The maximum atomic E-state index is 7.61. The summed E-state index contributed by atoms with van der Waals surface area (Å²) in [7, 11) is 1.83. The number of pyridine rings is 1. The van der Waals surface area contributed by atoms with Crippen molar-refractivity contribution in [1.29, 1.82) is 5.41 Å². The first-order valence-corrected chi connectivity index (χ1v) is 13.0. The Morgan fingerprint density at radius 2 is 1.97 bits per heavy atom. The van der Waals surface area contributed by atoms with E-state index in [2.05, 4.69) is 49.5 Å². The van der Waals surface area contributed by atoms with Gasteiger partial charge in [0.15, 0.2) is 0 Å². The highest BCUT2D eigenvalue weighted by Crippen LogP contribution is 2.25. The maximum absolute atomic E-state index is 7.61. The molecule has 1 unspecified atom stereocenters. The topological polar surface area (TPSA) is 103 Å². The summed E-state index contributed by atoms with van der Waals surface area (Å²) < 4.78 is 7.97. The van der Waals surface area contributed by atoms with E-state index in [9.17, 15) is 0 Å². The second-order valence-electron chi connectivity index (χ2n) is 9.44. The van der Waals surface area contributed by atoms with Gasteiger partial charge in [0.25, 0.3) is 0 Å². The molecule has 9 nitrogen and oxygen atoms in total. The van der Waals surface area contributed by atoms with Gasteiger partial charge >= 0.3 is 0 Å². The second-order valence-corrected chi connectivity index (χ2v) is 9.44. The third-order valence-electron chi connectivity index (χ3n) is 6.81. The fraction of sp³-hybridized carbons (Fsp3) is 0.310. The Balaban J connectivity index is 1.24. The average molecular weight is 511 g/mol. The molecule has 1 aromatic carbocycles. The van der Waals surface area contributed by atoms with Crippen LogP contribution in [0, 0.1) is 5.41 Å². The third-order valence-corrected chi connectivity index (χ3v) is 6.81. The Bertz CT molecular complexity index is 1410. The first-order valence-electron chi connectivity index (χ1n) is 13.0. The Morgan fingerprint density at radius 1 is 1.13 bits per heavy atom. The summed E-state index contributed by atoms with van der Waals surface area (Å²) in [5.41, 5.74) is 5.43. The lowest BCUT2D eigenvalue weighted by molar-refractivity contribution is 0.165. The lowest BCUT2D eigenvalue weighted by Gasteiger charge is -2.30. The van der Waals surface area contributed by atoms with Crippen LogP contribution in [0.3, 0.4) is 0 Å². The molecule has 1 saturated heterocycles. The molecule has 9 heteroatoms. The van der Waals surface area contributed by atoms with Gasteiger partial charge in [0, 0.05) is 56.0 Å². The van der Waals surface area contributed by atoms with Crippen LogP contribution in [0.4, 0.5) is 5.82 Å². The number of ether oxygens (including phenoxy) is 1. The van der Waals surface area contributed by atoms with Crippen LogP contribution in [0.15, 0.2) is 67.4 Å². The van der Waals surface area contributed by atoms with Gasteiger partial charge in [0.2, 0.25) is 0 Å². The highest BCUT2D eigenvalue weighted by atomic mass is 16.5. The van der Waals surface area contributed by atoms with E-state index in [0.29, 0.717) is 6.61 Å². The molecule has 5 rings (SSSR count). The number of nitrogens with one attached hydrogen (secondary N) is 3. The Kier molecular flexibility index (Phi) is 7.94. The van der Waals surface area contributed by atoms with Gasteiger partial charge in [-0.2, -0.15) is 0 Å². The first kappa shape index (κ1) is 25.4. The van der Waals surface area contributed by atoms with Crippen molar-refractivity contribution in [3.63, 3.8) is 0 Å². The molecule has 0 amide bonds. The molecule has 1 aliphatic rings. The molecule has 0 aliphatic carbocycles. The van der Waals surface area contributed by atoms with Crippen LogP contribution in [0.2, 0.25) is 0 Å². The number of hydrogen-bond acceptors (Lipinski definition) is 8. The van der Waals surface area contributed by atoms with Crippen LogP contribution in [0.1, 0.15) is 36.9 Å². The summed E-state index contributed by atoms with van der Waals surface area (Å²) in [5.74, 6) is 1.57. The van der Waals surface area contributed by atoms with Crippen molar-refractivity contribution in [2.24, 2.45) is 0 Å². The van der Waals surface area contributed by atoms with Gasteiger partial charge in [0.1, 0.15) is 23.5 Å². The zero-order valence-electron chi connectivity index (χ0n) is 21.9. The van der Waals surface area contributed by atoms with Gasteiger partial charge in [-0.1, -0.05) is 24.3 Å². The number of allylic oxidation sites excluding steroid dienone is 1. The number of aromatic nitrogens is 4. The minimum absolute atomic E-state index is 0.0338. The number of anilines is 1. The van der Waals surface area contributed by atoms with Crippen LogP contribution in [-0.4, -0.2) is 63.8 Å². The molecule has 4 aromatic rings. The van der Waals surface area contributed by atoms with E-state index in [1.165, 1.54) is 25.7 Å². The van der Waals surface area contributed by atoms with Crippen LogP contribution >= 0.6 is 0 Å². The van der Waals surface area contributed by atoms with E-state index < -0.39 is 0 Å². The van der Waals surface area contributed by atoms with Gasteiger partial charge in [-0.3, -0.25) is 4.40 Å². The number of rotatable bonds is 12. The van der Waals surface area contributed by atoms with Crippen molar-refractivity contribution in [2.75, 3.05) is 38.6 Å². The van der Waals surface area contributed by atoms with Crippen molar-refractivity contribution in [1.82, 2.24) is 29.6 Å². The van der Waals surface area contributed by atoms with E-state index in [4.69, 9.17) is 10.1 Å². The normalized spacial score (nSPS) is 14.6. The minimum Gasteiger partial charge on any atom is -0.493 e. The number of likely N-dealkylation sites (tertiary alicyclic amines) is 1. The zero-order valence-corrected chi connectivity index (χ0v) is 21.9. The van der Waals surface area contributed by atoms with Gasteiger partial charge in [-0.05, 0) is 50.0 Å². The summed E-state index contributed by atoms with van der Waals surface area (Å²) in [4.78, 5) is 16.0. The summed E-state index contributed by atoms with van der Waals surface area (Å²) in [6, 6.07) is 14.1. The smallest absolute Gasteiger partial charge is 0.140 e. The monoisotopic (exact) mass is 510 g/mol. The molecule has 196 valence electrons. The molecule has 4 heterocycles. The zero-order chi connectivity index (χ0) is 26.3. The number of fused-ring (bicyclic) bond motifs is 1. The minimum atomic E-state index is 0.0338. The van der Waals surface area contributed by atoms with Crippen molar-refractivity contribution >= 4 is 23.3 Å². The standard InChI is InChI=1S/C29H34N8O/c1-21(22-5-7-23(8-6-22)24(17-30)18-31-2)35-28-16-26(33-20-34-28)27-19-32-29-15-25(9-13-37(27)29)38-14-4-12-36-10-3-11-36/h5-9,13,15-21,30-31H,3-4,10-12,14H2,1-2H3,(H,33,34,35)/b24-18+,30-17?. The summed E-state index contributed by atoms with van der Waals surface area (Å²) in [6.07, 6.45) is 10.9. The first-order chi connectivity index (χ1) is 18.6. The van der Waals surface area contributed by atoms with Gasteiger partial charge in [0.05, 0.1) is 24.2 Å². The third kappa shape index (κ3) is 5.84. The summed E-state index contributed by atoms with van der Waals surface area (Å²) in [5, 5.41) is 14.1. The molecule has 1 fully saturated rings. The number of imidazole rings is 1. The van der Waals surface area contributed by atoms with E-state index in [1.54, 1.807) is 6.33 Å². The van der Waals surface area contributed by atoms with Crippen molar-refractivity contribution in [3.8, 4) is 17.1 Å². The SMILES string of the molecule is CN/C=C(\C=N)c1ccc(C(C)Nc2cc(-c3cnc4cc(OCCCN5CCC5)ccn34)ncn2)cc1. The molecular formula is C29H34N8O. The van der Waals surface area contributed by atoms with Crippen LogP contribution in [0.5, 0.6) is 5.75 Å². The van der Waals surface area contributed by atoms with Crippen LogP contribution < -0.4 is 15.4 Å². The average Bonchev–Trinajstić information content (AvgIpc) is 3.34. The van der Waals surface area contributed by atoms with Crippen molar-refractivity contribution in [3.05, 3.63) is 78.5 Å². The molecule has 0 saturated carbocycles. The number of nitrogens with zero attached hydrogens (tertiary/aromatic N) is 5. The second kappa shape index (κ2) is 11.9. The highest BCUT2D eigenvalue weighted by Gasteiger charge is 2.14. The van der Waals surface area contributed by atoms with E-state index in [0.717, 1.165) is 58.3 Å². The Labute approximate surface area is 223 Å². The molecule has 38 heavy (non-hydrogen) atoms. The van der Waals surface area contributed by atoms with Gasteiger partial charge in [-0.15, -0.1) is 0 Å². The predicted octanol–water partition coefficient (Wildman–Crippen LogP) is 4.65. The van der Waals surface area contributed by atoms with E-state index in [-0.39, 0.29) is 6.04 Å². The van der Waals surface area contributed by atoms with Gasteiger partial charge in [-0.25, -0.2) is 15.0 Å². The van der Waals surface area contributed by atoms with Crippen molar-refractivity contribution < 1.29 is 4.74 Å². The van der Waals surface area contributed by atoms with Crippen LogP contribution in [-0.2, 0) is 0 Å². The molecule has 0 spiro atoms. The number of benzene rings is 1. The molecule has 1 aliphatic heterocycles. The fourth-order valence-electron chi connectivity index (χ4n) is 4.53. The quantitative estimate of drug-likeness (QED) is 0.188. The lowest BCUT2D eigenvalue weighted by atomic mass is 10.0. The largest absolute Gasteiger partial charge is 0.493 e. The molecule has 0 radical (unpaired) electrons. The molecular weight excluding hydrogens is 476 g/mol. The lowest BCUT2D eigenvalue weighted by Crippen LogP contribution is -2.38. The highest BCUT2D eigenvalue weighted by molar-refractivity contribution is 6.08. The Hall–Kier alpha value is -4.24. The molecule has 1 atom stereocenters. The molecule has 3 aromatic heterocycles. The van der Waals surface area contributed by atoms with E-state index in [1.807, 2.05) is 60.4 Å². The fourth-order valence-corrected chi connectivity index (χ4v) is 4.53. The summed E-state index contributed by atoms with van der Waals surface area (Å²) in [6.45, 7) is 6.34. The van der Waals surface area contributed by atoms with Crippen molar-refractivity contribution in [2.45, 2.75) is 25.8 Å². The van der Waals surface area contributed by atoms with Gasteiger partial charge < -0.3 is 25.7 Å².